The fraction of sp³-hybridized carbons (Fsp3) is 0.278. The summed E-state index contributed by atoms with van der Waals surface area (Å²) in [5, 5.41) is 3.89. The number of anilines is 1. The molecule has 7 nitrogen and oxygen atoms in total. The van der Waals surface area contributed by atoms with Crippen LogP contribution in [0.1, 0.15) is 42.4 Å². The van der Waals surface area contributed by atoms with Crippen LogP contribution < -0.4 is 9.62 Å². The molecular weight excluding hydrogens is 641 g/mol. The van der Waals surface area contributed by atoms with Gasteiger partial charge in [0.1, 0.15) is 12.6 Å². The van der Waals surface area contributed by atoms with Gasteiger partial charge in [0.05, 0.1) is 10.6 Å². The van der Waals surface area contributed by atoms with Crippen LogP contribution in [-0.4, -0.2) is 43.8 Å². The van der Waals surface area contributed by atoms with Gasteiger partial charge in [0.15, 0.2) is 0 Å². The lowest BCUT2D eigenvalue weighted by atomic mass is 10.0. The first-order valence-electron chi connectivity index (χ1n) is 15.3. The molecule has 240 valence electrons. The second-order valence-corrected chi connectivity index (χ2v) is 14.4. The van der Waals surface area contributed by atoms with Crippen LogP contribution >= 0.6 is 23.2 Å². The predicted molar refractivity (Wildman–Crippen MR) is 183 cm³/mol. The topological polar surface area (TPSA) is 86.8 Å². The van der Waals surface area contributed by atoms with E-state index in [1.165, 1.54) is 35.2 Å². The first-order chi connectivity index (χ1) is 22.1. The highest BCUT2D eigenvalue weighted by atomic mass is 35.5. The first kappa shape index (κ1) is 33.5. The lowest BCUT2D eigenvalue weighted by Crippen LogP contribution is -2.54. The van der Waals surface area contributed by atoms with E-state index in [1.54, 1.807) is 18.2 Å². The van der Waals surface area contributed by atoms with Gasteiger partial charge in [-0.2, -0.15) is 0 Å². The van der Waals surface area contributed by atoms with E-state index in [1.807, 2.05) is 61.5 Å². The zero-order valence-electron chi connectivity index (χ0n) is 25.6. The van der Waals surface area contributed by atoms with E-state index in [-0.39, 0.29) is 35.5 Å². The van der Waals surface area contributed by atoms with E-state index in [9.17, 15) is 18.0 Å². The van der Waals surface area contributed by atoms with Crippen molar-refractivity contribution in [3.05, 3.63) is 130 Å². The summed E-state index contributed by atoms with van der Waals surface area (Å²) in [7, 11) is -4.25. The summed E-state index contributed by atoms with van der Waals surface area (Å²) in [6, 6.07) is 28.5. The molecule has 0 spiro atoms. The maximum atomic E-state index is 14.6. The highest BCUT2D eigenvalue weighted by Gasteiger charge is 2.35. The van der Waals surface area contributed by atoms with Crippen molar-refractivity contribution in [2.75, 3.05) is 10.8 Å². The van der Waals surface area contributed by atoms with Crippen LogP contribution in [0.3, 0.4) is 0 Å². The van der Waals surface area contributed by atoms with E-state index in [0.29, 0.717) is 10.0 Å². The Balaban J connectivity index is 1.57. The molecule has 0 aromatic heterocycles. The lowest BCUT2D eigenvalue weighted by molar-refractivity contribution is -0.140. The van der Waals surface area contributed by atoms with Gasteiger partial charge in [0, 0.05) is 29.1 Å². The molecule has 0 heterocycles. The van der Waals surface area contributed by atoms with E-state index < -0.39 is 28.5 Å². The van der Waals surface area contributed by atoms with Crippen molar-refractivity contribution in [3.63, 3.8) is 0 Å². The van der Waals surface area contributed by atoms with Gasteiger partial charge in [-0.15, -0.1) is 0 Å². The van der Waals surface area contributed by atoms with Crippen molar-refractivity contribution < 1.29 is 18.0 Å². The van der Waals surface area contributed by atoms with E-state index in [4.69, 9.17) is 23.2 Å². The number of hydrogen-bond acceptors (Lipinski definition) is 4. The van der Waals surface area contributed by atoms with Gasteiger partial charge >= 0.3 is 0 Å². The molecule has 1 aliphatic rings. The molecule has 4 aromatic rings. The largest absolute Gasteiger partial charge is 0.352 e. The molecule has 2 amide bonds. The molecule has 10 heteroatoms. The van der Waals surface area contributed by atoms with E-state index >= 15 is 0 Å². The van der Waals surface area contributed by atoms with Gasteiger partial charge in [-0.1, -0.05) is 102 Å². The van der Waals surface area contributed by atoms with Gasteiger partial charge in [-0.3, -0.25) is 13.9 Å². The molecule has 0 aliphatic heterocycles. The fourth-order valence-corrected chi connectivity index (χ4v) is 7.54. The smallest absolute Gasteiger partial charge is 0.264 e. The van der Waals surface area contributed by atoms with Crippen LogP contribution in [0.15, 0.2) is 108 Å². The Labute approximate surface area is 281 Å². The number of amides is 2. The number of sulfonamides is 1. The number of rotatable bonds is 12. The zero-order chi connectivity index (χ0) is 32.7. The average Bonchev–Trinajstić information content (AvgIpc) is 3.55. The second kappa shape index (κ2) is 15.2. The Morgan fingerprint density at radius 2 is 1.50 bits per heavy atom. The number of carbonyl (C=O) groups is 2. The molecule has 0 radical (unpaired) electrons. The lowest BCUT2D eigenvalue weighted by Gasteiger charge is -2.34. The number of hydrogen-bond donors (Lipinski definition) is 1. The first-order valence-corrected chi connectivity index (χ1v) is 17.5. The maximum Gasteiger partial charge on any atom is 0.264 e. The minimum absolute atomic E-state index is 0.0327. The second-order valence-electron chi connectivity index (χ2n) is 11.7. The monoisotopic (exact) mass is 677 g/mol. The van der Waals surface area contributed by atoms with Crippen molar-refractivity contribution >= 4 is 50.7 Å². The Hall–Kier alpha value is -3.85. The Kier molecular flexibility index (Phi) is 11.0. The third-order valence-electron chi connectivity index (χ3n) is 8.18. The summed E-state index contributed by atoms with van der Waals surface area (Å²) in [4.78, 5) is 30.2. The summed E-state index contributed by atoms with van der Waals surface area (Å²) in [5.74, 6) is -0.784. The Morgan fingerprint density at radius 3 is 2.17 bits per heavy atom. The summed E-state index contributed by atoms with van der Waals surface area (Å²) in [6.45, 7) is 1.52. The fourth-order valence-electron chi connectivity index (χ4n) is 5.82. The van der Waals surface area contributed by atoms with Crippen LogP contribution in [0.2, 0.25) is 10.0 Å². The molecule has 1 fully saturated rings. The van der Waals surface area contributed by atoms with Crippen LogP contribution in [0, 0.1) is 6.92 Å². The number of nitrogens with one attached hydrogen (secondary N) is 1. The third-order valence-corrected chi connectivity index (χ3v) is 10.5. The quantitative estimate of drug-likeness (QED) is 0.172. The summed E-state index contributed by atoms with van der Waals surface area (Å²) in [5.41, 5.74) is 2.94. The molecule has 1 unspecified atom stereocenters. The molecule has 1 saturated carbocycles. The minimum atomic E-state index is -4.25. The summed E-state index contributed by atoms with van der Waals surface area (Å²) in [6.07, 6.45) is 4.11. The normalized spacial score (nSPS) is 14.1. The summed E-state index contributed by atoms with van der Waals surface area (Å²) < 4.78 is 29.3. The van der Waals surface area contributed by atoms with Crippen molar-refractivity contribution in [1.29, 1.82) is 0 Å². The van der Waals surface area contributed by atoms with Crippen molar-refractivity contribution in [2.24, 2.45) is 0 Å². The molecule has 0 bridgehead atoms. The van der Waals surface area contributed by atoms with E-state index in [0.717, 1.165) is 46.7 Å². The van der Waals surface area contributed by atoms with Crippen molar-refractivity contribution in [2.45, 2.75) is 62.6 Å². The van der Waals surface area contributed by atoms with Crippen molar-refractivity contribution in [3.8, 4) is 0 Å². The van der Waals surface area contributed by atoms with Crippen LogP contribution in [-0.2, 0) is 32.6 Å². The third kappa shape index (κ3) is 8.49. The highest BCUT2D eigenvalue weighted by molar-refractivity contribution is 7.92. The number of carbonyl (C=O) groups excluding carboxylic acids is 2. The molecule has 4 aromatic carbocycles. The predicted octanol–water partition coefficient (Wildman–Crippen LogP) is 7.20. The van der Waals surface area contributed by atoms with Crippen LogP contribution in [0.4, 0.5) is 5.69 Å². The molecule has 1 aliphatic carbocycles. The van der Waals surface area contributed by atoms with Crippen LogP contribution in [0.25, 0.3) is 0 Å². The zero-order valence-corrected chi connectivity index (χ0v) is 27.9. The Bertz CT molecular complexity index is 1760. The number of nitrogens with zero attached hydrogens (tertiary/aromatic N) is 2. The van der Waals surface area contributed by atoms with Gasteiger partial charge < -0.3 is 10.2 Å². The Morgan fingerprint density at radius 1 is 0.826 bits per heavy atom. The number of aryl methyl sites for hydroxylation is 1. The maximum absolute atomic E-state index is 14.6. The summed E-state index contributed by atoms with van der Waals surface area (Å²) >= 11 is 12.4. The average molecular weight is 679 g/mol. The van der Waals surface area contributed by atoms with Gasteiger partial charge in [0.25, 0.3) is 10.0 Å². The number of benzene rings is 4. The van der Waals surface area contributed by atoms with E-state index in [2.05, 4.69) is 5.32 Å². The highest BCUT2D eigenvalue weighted by Crippen LogP contribution is 2.28. The van der Waals surface area contributed by atoms with Crippen molar-refractivity contribution in [1.82, 2.24) is 10.2 Å². The molecule has 46 heavy (non-hydrogen) atoms. The van der Waals surface area contributed by atoms with Crippen LogP contribution in [0.5, 0.6) is 0 Å². The minimum Gasteiger partial charge on any atom is -0.352 e. The van der Waals surface area contributed by atoms with Gasteiger partial charge in [0.2, 0.25) is 11.8 Å². The molecule has 0 saturated heterocycles. The molecule has 1 N–H and O–H groups in total. The van der Waals surface area contributed by atoms with Gasteiger partial charge in [-0.25, -0.2) is 8.42 Å². The van der Waals surface area contributed by atoms with Gasteiger partial charge in [-0.05, 0) is 73.4 Å². The molecule has 1 atom stereocenters. The standard InChI is InChI=1S/C36H37Cl2N3O4S/c1-26-9-7-12-28(21-26)24-40(34(22-27-10-3-2-4-11-27)36(43)39-31-14-5-6-15-31)35(42)25-41(32-16-8-13-30(38)23-32)46(44,45)33-19-17-29(37)18-20-33/h2-4,7-13,16-21,23,31,34H,5-6,14-15,22,24-25H2,1H3,(H,39,43). The SMILES string of the molecule is Cc1cccc(CN(C(=O)CN(c2cccc(Cl)c2)S(=O)(=O)c2ccc(Cl)cc2)C(Cc2ccccc2)C(=O)NC2CCCC2)c1. The number of halogens is 2. The molecular formula is C36H37Cl2N3O4S. The molecule has 5 rings (SSSR count).